The zero-order valence-electron chi connectivity index (χ0n) is 12.2. The summed E-state index contributed by atoms with van der Waals surface area (Å²) < 4.78 is 5.08. The first-order chi connectivity index (χ1) is 11.3. The Hall–Kier alpha value is -3.33. The highest BCUT2D eigenvalue weighted by molar-refractivity contribution is 5.70. The first kappa shape index (κ1) is 14.6. The molecule has 0 atom stereocenters. The number of carbonyl (C=O) groups excluding carboxylic acids is 1. The van der Waals surface area contributed by atoms with Gasteiger partial charge in [0.15, 0.2) is 5.65 Å². The van der Waals surface area contributed by atoms with E-state index in [1.54, 1.807) is 12.4 Å². The Balaban J connectivity index is 1.46. The second kappa shape index (κ2) is 7.09. The first-order valence-corrected chi connectivity index (χ1v) is 7.05. The number of alkyl carbamates (subject to hydrolysis) is 1. The number of nitrogens with zero attached hydrogens (tertiary/aromatic N) is 2. The van der Waals surface area contributed by atoms with E-state index in [-0.39, 0.29) is 13.2 Å². The lowest BCUT2D eigenvalue weighted by Gasteiger charge is -2.04. The number of H-pyrrole nitrogens is 1. The van der Waals surface area contributed by atoms with Gasteiger partial charge in [-0.25, -0.2) is 14.8 Å². The molecule has 2 heterocycles. The number of hydrogen-bond donors (Lipinski definition) is 2. The van der Waals surface area contributed by atoms with Crippen LogP contribution in [0.25, 0.3) is 11.2 Å². The number of fused-ring (bicyclic) bond motifs is 1. The Morgan fingerprint density at radius 3 is 3.00 bits per heavy atom. The molecule has 23 heavy (non-hydrogen) atoms. The Morgan fingerprint density at radius 1 is 1.26 bits per heavy atom. The van der Waals surface area contributed by atoms with E-state index in [1.165, 1.54) is 0 Å². The molecule has 2 aromatic heterocycles. The summed E-state index contributed by atoms with van der Waals surface area (Å²) in [7, 11) is 0. The van der Waals surface area contributed by atoms with Gasteiger partial charge in [0.2, 0.25) is 0 Å². The number of aromatic nitrogens is 3. The lowest BCUT2D eigenvalue weighted by atomic mass is 10.2. The van der Waals surface area contributed by atoms with Crippen molar-refractivity contribution in [1.29, 1.82) is 0 Å². The van der Waals surface area contributed by atoms with Crippen LogP contribution in [-0.4, -0.2) is 27.6 Å². The van der Waals surface area contributed by atoms with Gasteiger partial charge >= 0.3 is 6.09 Å². The minimum absolute atomic E-state index is 0.181. The van der Waals surface area contributed by atoms with E-state index < -0.39 is 6.09 Å². The van der Waals surface area contributed by atoms with Gasteiger partial charge in [-0.05, 0) is 17.6 Å². The molecule has 3 aromatic rings. The maximum atomic E-state index is 11.5. The van der Waals surface area contributed by atoms with Gasteiger partial charge in [-0.3, -0.25) is 0 Å². The van der Waals surface area contributed by atoms with Gasteiger partial charge in [0.25, 0.3) is 0 Å². The maximum Gasteiger partial charge on any atom is 0.408 e. The van der Waals surface area contributed by atoms with Crippen LogP contribution in [0, 0.1) is 11.8 Å². The van der Waals surface area contributed by atoms with Crippen molar-refractivity contribution in [3.63, 3.8) is 0 Å². The Morgan fingerprint density at radius 2 is 2.13 bits per heavy atom. The van der Waals surface area contributed by atoms with Gasteiger partial charge in [-0.2, -0.15) is 0 Å². The molecule has 2 N–H and O–H groups in total. The van der Waals surface area contributed by atoms with Gasteiger partial charge in [0, 0.05) is 6.20 Å². The molecule has 0 aliphatic rings. The first-order valence-electron chi connectivity index (χ1n) is 7.05. The summed E-state index contributed by atoms with van der Waals surface area (Å²) in [5.41, 5.74) is 2.96. The minimum Gasteiger partial charge on any atom is -0.445 e. The molecule has 0 saturated heterocycles. The summed E-state index contributed by atoms with van der Waals surface area (Å²) in [5, 5.41) is 2.57. The van der Waals surface area contributed by atoms with Crippen LogP contribution in [0.2, 0.25) is 0 Å². The average Bonchev–Trinajstić information content (AvgIpc) is 3.05. The van der Waals surface area contributed by atoms with Crippen molar-refractivity contribution < 1.29 is 9.53 Å². The fourth-order valence-corrected chi connectivity index (χ4v) is 1.92. The highest BCUT2D eigenvalue weighted by atomic mass is 16.5. The highest BCUT2D eigenvalue weighted by Crippen LogP contribution is 2.05. The van der Waals surface area contributed by atoms with E-state index in [9.17, 15) is 4.79 Å². The predicted octanol–water partition coefficient (Wildman–Crippen LogP) is 2.24. The third-order valence-electron chi connectivity index (χ3n) is 3.01. The number of hydrogen-bond acceptors (Lipinski definition) is 4. The molecule has 3 rings (SSSR count). The quantitative estimate of drug-likeness (QED) is 0.727. The van der Waals surface area contributed by atoms with Crippen LogP contribution >= 0.6 is 0 Å². The molecule has 0 aliphatic carbocycles. The van der Waals surface area contributed by atoms with E-state index >= 15 is 0 Å². The van der Waals surface area contributed by atoms with Crippen molar-refractivity contribution in [3.8, 4) is 11.8 Å². The molecule has 6 nitrogen and oxygen atoms in total. The molecule has 0 unspecified atom stereocenters. The molecule has 1 aromatic carbocycles. The molecule has 0 spiro atoms. The van der Waals surface area contributed by atoms with Crippen LogP contribution in [-0.2, 0) is 11.3 Å². The van der Waals surface area contributed by atoms with Gasteiger partial charge in [-0.1, -0.05) is 36.3 Å². The highest BCUT2D eigenvalue weighted by Gasteiger charge is 2.00. The second-order valence-corrected chi connectivity index (χ2v) is 4.68. The van der Waals surface area contributed by atoms with Crippen LogP contribution in [0.1, 0.15) is 11.3 Å². The minimum atomic E-state index is -0.504. The molecule has 0 bridgehead atoms. The molecule has 0 fully saturated rings. The Bertz CT molecular complexity index is 862. The van der Waals surface area contributed by atoms with Crippen LogP contribution in [0.3, 0.4) is 0 Å². The molecule has 0 radical (unpaired) electrons. The van der Waals surface area contributed by atoms with E-state index in [1.807, 2.05) is 36.4 Å². The summed E-state index contributed by atoms with van der Waals surface area (Å²) in [6.07, 6.45) is 2.85. The lowest BCUT2D eigenvalue weighted by Crippen LogP contribution is -2.24. The summed E-state index contributed by atoms with van der Waals surface area (Å²) in [6, 6.07) is 11.3. The fourth-order valence-electron chi connectivity index (χ4n) is 1.92. The topological polar surface area (TPSA) is 79.9 Å². The number of amides is 1. The van der Waals surface area contributed by atoms with Gasteiger partial charge in [0.1, 0.15) is 17.8 Å². The van der Waals surface area contributed by atoms with Crippen molar-refractivity contribution in [3.05, 3.63) is 60.0 Å². The Labute approximate surface area is 132 Å². The van der Waals surface area contributed by atoms with Crippen molar-refractivity contribution in [1.82, 2.24) is 20.3 Å². The zero-order valence-corrected chi connectivity index (χ0v) is 12.2. The van der Waals surface area contributed by atoms with Crippen molar-refractivity contribution in [2.75, 3.05) is 6.54 Å². The third kappa shape index (κ3) is 4.08. The third-order valence-corrected chi connectivity index (χ3v) is 3.01. The molecule has 0 aliphatic heterocycles. The number of nitrogens with one attached hydrogen (secondary N) is 2. The number of aromatic amines is 1. The summed E-state index contributed by atoms with van der Waals surface area (Å²) in [6.45, 7) is 0.413. The van der Waals surface area contributed by atoms with Crippen LogP contribution in [0.5, 0.6) is 0 Å². The van der Waals surface area contributed by atoms with Crippen LogP contribution < -0.4 is 5.32 Å². The number of benzene rings is 1. The van der Waals surface area contributed by atoms with E-state index in [0.717, 1.165) is 16.7 Å². The Kier molecular flexibility index (Phi) is 4.50. The van der Waals surface area contributed by atoms with Crippen LogP contribution in [0.4, 0.5) is 4.79 Å². The molecular formula is C17H14N4O2. The number of carbonyl (C=O) groups is 1. The molecule has 114 valence electrons. The van der Waals surface area contributed by atoms with E-state index in [2.05, 4.69) is 32.1 Å². The number of rotatable bonds is 3. The lowest BCUT2D eigenvalue weighted by molar-refractivity contribution is 0.141. The standard InChI is InChI=1S/C17H14N4O2/c22-17(23-12-13-5-2-1-3-6-13)19-9-4-7-14-11-20-16-15(21-14)8-10-18-16/h1-3,5-6,8,10-11H,9,12H2,(H,18,20)(H,19,22). The normalized spacial score (nSPS) is 9.91. The van der Waals surface area contributed by atoms with Crippen molar-refractivity contribution >= 4 is 17.3 Å². The summed E-state index contributed by atoms with van der Waals surface area (Å²) in [4.78, 5) is 23.0. The molecular weight excluding hydrogens is 292 g/mol. The van der Waals surface area contributed by atoms with Gasteiger partial charge < -0.3 is 15.0 Å². The summed E-state index contributed by atoms with van der Waals surface area (Å²) in [5.74, 6) is 5.66. The maximum absolute atomic E-state index is 11.5. The second-order valence-electron chi connectivity index (χ2n) is 4.68. The summed E-state index contributed by atoms with van der Waals surface area (Å²) >= 11 is 0. The largest absolute Gasteiger partial charge is 0.445 e. The average molecular weight is 306 g/mol. The van der Waals surface area contributed by atoms with Crippen molar-refractivity contribution in [2.45, 2.75) is 6.61 Å². The number of ether oxygens (including phenoxy) is 1. The van der Waals surface area contributed by atoms with Gasteiger partial charge in [0.05, 0.1) is 12.7 Å². The predicted molar refractivity (Wildman–Crippen MR) is 85.4 cm³/mol. The SMILES string of the molecule is O=C(NCC#Cc1cnc2[nH]ccc2n1)OCc1ccccc1. The molecule has 1 amide bonds. The van der Waals surface area contributed by atoms with Crippen molar-refractivity contribution in [2.24, 2.45) is 0 Å². The smallest absolute Gasteiger partial charge is 0.408 e. The fraction of sp³-hybridized carbons (Fsp3) is 0.118. The van der Waals surface area contributed by atoms with Gasteiger partial charge in [-0.15, -0.1) is 0 Å². The molecule has 0 saturated carbocycles. The van der Waals surface area contributed by atoms with Crippen LogP contribution in [0.15, 0.2) is 48.8 Å². The molecule has 6 heteroatoms. The van der Waals surface area contributed by atoms with E-state index in [0.29, 0.717) is 5.69 Å². The zero-order chi connectivity index (χ0) is 15.9. The van der Waals surface area contributed by atoms with E-state index in [4.69, 9.17) is 4.74 Å². The monoisotopic (exact) mass is 306 g/mol.